The molecule has 2 aromatic carbocycles. The van der Waals surface area contributed by atoms with Crippen molar-refractivity contribution in [2.75, 3.05) is 25.5 Å². The Kier molecular flexibility index (Phi) is 5.75. The number of anilines is 1. The third-order valence-corrected chi connectivity index (χ3v) is 4.70. The molecule has 0 aliphatic rings. The summed E-state index contributed by atoms with van der Waals surface area (Å²) in [5.41, 5.74) is 1.42. The van der Waals surface area contributed by atoms with E-state index in [9.17, 15) is 18.5 Å². The smallest absolute Gasteiger partial charge is 0.270 e. The van der Waals surface area contributed by atoms with Gasteiger partial charge in [-0.3, -0.25) is 10.1 Å². The second-order valence-electron chi connectivity index (χ2n) is 5.29. The monoisotopic (exact) mass is 359 g/mol. The van der Waals surface area contributed by atoms with E-state index < -0.39 is 14.9 Å². The summed E-state index contributed by atoms with van der Waals surface area (Å²) >= 11 is 0. The summed E-state index contributed by atoms with van der Waals surface area (Å²) in [6.45, 7) is -0.104. The van der Waals surface area contributed by atoms with Gasteiger partial charge in [-0.15, -0.1) is 0 Å². The van der Waals surface area contributed by atoms with Gasteiger partial charge in [-0.25, -0.2) is 8.42 Å². The summed E-state index contributed by atoms with van der Waals surface area (Å²) in [6.07, 6.45) is 0. The average Bonchev–Trinajstić information content (AvgIpc) is 2.59. The fraction of sp³-hybridized carbons (Fsp3) is 0.176. The van der Waals surface area contributed by atoms with Gasteiger partial charge in [-0.05, 0) is 18.2 Å². The molecule has 7 nitrogen and oxygen atoms in total. The number of benzene rings is 2. The SMILES string of the molecule is CN(C)c1ccccc1C#CCNS(=O)(=O)c1cccc([N+](=O)[O-])c1. The molecule has 25 heavy (non-hydrogen) atoms. The Morgan fingerprint density at radius 3 is 2.56 bits per heavy atom. The Balaban J connectivity index is 2.12. The lowest BCUT2D eigenvalue weighted by atomic mass is 10.1. The van der Waals surface area contributed by atoms with E-state index in [1.807, 2.05) is 43.3 Å². The normalized spacial score (nSPS) is 10.6. The summed E-state index contributed by atoms with van der Waals surface area (Å²) < 4.78 is 26.7. The average molecular weight is 359 g/mol. The quantitative estimate of drug-likeness (QED) is 0.501. The zero-order chi connectivity index (χ0) is 18.4. The molecule has 2 aromatic rings. The number of nitro groups is 1. The second-order valence-corrected chi connectivity index (χ2v) is 7.06. The van der Waals surface area contributed by atoms with Crippen LogP contribution in [-0.2, 0) is 10.0 Å². The van der Waals surface area contributed by atoms with E-state index in [1.165, 1.54) is 18.2 Å². The van der Waals surface area contributed by atoms with Crippen molar-refractivity contribution in [3.63, 3.8) is 0 Å². The van der Waals surface area contributed by atoms with Crippen molar-refractivity contribution >= 4 is 21.4 Å². The first kappa shape index (κ1) is 18.4. The Morgan fingerprint density at radius 2 is 1.88 bits per heavy atom. The van der Waals surface area contributed by atoms with Gasteiger partial charge in [-0.2, -0.15) is 4.72 Å². The number of hydrogen-bond donors (Lipinski definition) is 1. The number of nitro benzene ring substituents is 1. The minimum atomic E-state index is -3.86. The predicted octanol–water partition coefficient (Wildman–Crippen LogP) is 1.99. The fourth-order valence-electron chi connectivity index (χ4n) is 2.09. The zero-order valence-corrected chi connectivity index (χ0v) is 14.6. The van der Waals surface area contributed by atoms with Gasteiger partial charge >= 0.3 is 0 Å². The summed E-state index contributed by atoms with van der Waals surface area (Å²) in [4.78, 5) is 11.9. The largest absolute Gasteiger partial charge is 0.377 e. The van der Waals surface area contributed by atoms with Crippen molar-refractivity contribution in [1.82, 2.24) is 4.72 Å². The molecular weight excluding hydrogens is 342 g/mol. The van der Waals surface area contributed by atoms with Crippen LogP contribution in [0.5, 0.6) is 0 Å². The first-order chi connectivity index (χ1) is 11.8. The van der Waals surface area contributed by atoms with E-state index in [4.69, 9.17) is 0 Å². The molecule has 0 atom stereocenters. The maximum Gasteiger partial charge on any atom is 0.270 e. The molecule has 0 amide bonds. The van der Waals surface area contributed by atoms with Gasteiger partial charge in [0.05, 0.1) is 22.1 Å². The summed E-state index contributed by atoms with van der Waals surface area (Å²) in [5.74, 6) is 5.68. The minimum Gasteiger partial charge on any atom is -0.377 e. The molecule has 0 saturated heterocycles. The molecule has 0 fully saturated rings. The Bertz CT molecular complexity index is 944. The van der Waals surface area contributed by atoms with Crippen LogP contribution in [0.25, 0.3) is 0 Å². The Labute approximate surface area is 146 Å². The van der Waals surface area contributed by atoms with Gasteiger partial charge in [0.1, 0.15) is 0 Å². The lowest BCUT2D eigenvalue weighted by Crippen LogP contribution is -2.24. The van der Waals surface area contributed by atoms with Crippen LogP contribution in [0.1, 0.15) is 5.56 Å². The lowest BCUT2D eigenvalue weighted by Gasteiger charge is -2.13. The highest BCUT2D eigenvalue weighted by Gasteiger charge is 2.16. The molecule has 0 aliphatic carbocycles. The van der Waals surface area contributed by atoms with Crippen molar-refractivity contribution in [1.29, 1.82) is 0 Å². The van der Waals surface area contributed by atoms with Gasteiger partial charge < -0.3 is 4.90 Å². The molecule has 8 heteroatoms. The molecule has 0 aromatic heterocycles. The third-order valence-electron chi connectivity index (χ3n) is 3.30. The lowest BCUT2D eigenvalue weighted by molar-refractivity contribution is -0.385. The van der Waals surface area contributed by atoms with Crippen molar-refractivity contribution in [2.45, 2.75) is 4.90 Å². The standard InChI is InChI=1S/C17H17N3O4S/c1-19(2)17-11-4-3-7-14(17)8-6-12-18-25(23,24)16-10-5-9-15(13-16)20(21)22/h3-5,7,9-11,13,18H,12H2,1-2H3. The molecule has 130 valence electrons. The predicted molar refractivity (Wildman–Crippen MR) is 95.9 cm³/mol. The van der Waals surface area contributed by atoms with E-state index in [0.29, 0.717) is 0 Å². The number of nitrogens with one attached hydrogen (secondary N) is 1. The highest BCUT2D eigenvalue weighted by atomic mass is 32.2. The van der Waals surface area contributed by atoms with E-state index in [-0.39, 0.29) is 17.1 Å². The van der Waals surface area contributed by atoms with Gasteiger partial charge in [0.2, 0.25) is 10.0 Å². The Hall–Kier alpha value is -2.89. The number of rotatable bonds is 5. The molecule has 0 unspecified atom stereocenters. The maximum atomic E-state index is 12.2. The maximum absolute atomic E-state index is 12.2. The summed E-state index contributed by atoms with van der Waals surface area (Å²) in [5, 5.41) is 10.7. The van der Waals surface area contributed by atoms with Gasteiger partial charge in [0.25, 0.3) is 5.69 Å². The fourth-order valence-corrected chi connectivity index (χ4v) is 3.05. The number of nitrogens with zero attached hydrogens (tertiary/aromatic N) is 2. The van der Waals surface area contributed by atoms with Crippen molar-refractivity contribution < 1.29 is 13.3 Å². The number of sulfonamides is 1. The van der Waals surface area contributed by atoms with Crippen molar-refractivity contribution in [2.24, 2.45) is 0 Å². The first-order valence-corrected chi connectivity index (χ1v) is 8.79. The molecule has 0 bridgehead atoms. The minimum absolute atomic E-state index is 0.104. The van der Waals surface area contributed by atoms with Crippen LogP contribution in [0.4, 0.5) is 11.4 Å². The Morgan fingerprint density at radius 1 is 1.16 bits per heavy atom. The van der Waals surface area contributed by atoms with Crippen LogP contribution < -0.4 is 9.62 Å². The van der Waals surface area contributed by atoms with E-state index in [0.717, 1.165) is 17.3 Å². The molecule has 0 saturated carbocycles. The van der Waals surface area contributed by atoms with Crippen LogP contribution in [0.15, 0.2) is 53.4 Å². The van der Waals surface area contributed by atoms with Gasteiger partial charge in [0, 0.05) is 31.8 Å². The van der Waals surface area contributed by atoms with Gasteiger partial charge in [-0.1, -0.05) is 30.0 Å². The van der Waals surface area contributed by atoms with Gasteiger partial charge in [0.15, 0.2) is 0 Å². The highest BCUT2D eigenvalue weighted by molar-refractivity contribution is 7.89. The molecule has 0 spiro atoms. The van der Waals surface area contributed by atoms with Crippen molar-refractivity contribution in [3.05, 3.63) is 64.2 Å². The summed E-state index contributed by atoms with van der Waals surface area (Å²) in [6, 6.07) is 12.4. The molecule has 0 radical (unpaired) electrons. The topological polar surface area (TPSA) is 92.6 Å². The molecule has 2 rings (SSSR count). The molecule has 0 heterocycles. The molecule has 0 aliphatic heterocycles. The van der Waals surface area contributed by atoms with Crippen LogP contribution in [0, 0.1) is 22.0 Å². The van der Waals surface area contributed by atoms with E-state index in [1.54, 1.807) is 0 Å². The van der Waals surface area contributed by atoms with Crippen LogP contribution in [0.3, 0.4) is 0 Å². The van der Waals surface area contributed by atoms with Crippen LogP contribution >= 0.6 is 0 Å². The number of non-ortho nitro benzene ring substituents is 1. The summed E-state index contributed by atoms with van der Waals surface area (Å²) in [7, 11) is -0.0758. The molecule has 1 N–H and O–H groups in total. The zero-order valence-electron chi connectivity index (χ0n) is 13.8. The van der Waals surface area contributed by atoms with Crippen LogP contribution in [-0.4, -0.2) is 34.0 Å². The second kappa shape index (κ2) is 7.79. The third kappa shape index (κ3) is 4.79. The number of hydrogen-bond acceptors (Lipinski definition) is 5. The first-order valence-electron chi connectivity index (χ1n) is 7.30. The van der Waals surface area contributed by atoms with Crippen molar-refractivity contribution in [3.8, 4) is 11.8 Å². The molecular formula is C17H17N3O4S. The van der Waals surface area contributed by atoms with E-state index >= 15 is 0 Å². The van der Waals surface area contributed by atoms with E-state index in [2.05, 4.69) is 16.6 Å². The van der Waals surface area contributed by atoms with Crippen LogP contribution in [0.2, 0.25) is 0 Å². The number of para-hydroxylation sites is 1. The highest BCUT2D eigenvalue weighted by Crippen LogP contribution is 2.17.